The average molecular weight is 260 g/mol. The molecule has 1 aromatic rings. The number of nitrogens with one attached hydrogen (secondary N) is 1. The summed E-state index contributed by atoms with van der Waals surface area (Å²) >= 11 is 1.43. The second kappa shape index (κ2) is 5.89. The summed E-state index contributed by atoms with van der Waals surface area (Å²) in [7, 11) is 2.13. The molecule has 5 heteroatoms. The minimum Gasteiger partial charge on any atom is -0.302 e. The van der Waals surface area contributed by atoms with E-state index in [0.29, 0.717) is 5.17 Å². The Morgan fingerprint density at radius 3 is 3.06 bits per heavy atom. The topological polar surface area (TPSA) is 51.4 Å². The lowest BCUT2D eigenvalue weighted by Crippen LogP contribution is -2.26. The third-order valence-electron chi connectivity index (χ3n) is 2.98. The number of benzene rings is 1. The van der Waals surface area contributed by atoms with Crippen LogP contribution in [-0.4, -0.2) is 29.9 Å². The molecule has 1 aliphatic rings. The number of amidine groups is 1. The molecule has 1 aliphatic heterocycles. The number of hydrogen-bond donors (Lipinski definition) is 1. The lowest BCUT2D eigenvalue weighted by Gasteiger charge is -2.24. The van der Waals surface area contributed by atoms with Crippen molar-refractivity contribution < 1.29 is 0 Å². The zero-order valence-corrected chi connectivity index (χ0v) is 11.4. The Hall–Kier alpha value is -1.51. The van der Waals surface area contributed by atoms with E-state index >= 15 is 0 Å². The third kappa shape index (κ3) is 3.03. The number of likely N-dealkylation sites (N-methyl/N-ethyl adjacent to an activating group) is 1. The van der Waals surface area contributed by atoms with E-state index in [1.807, 2.05) is 18.5 Å². The Balaban J connectivity index is 2.25. The Morgan fingerprint density at radius 1 is 1.50 bits per heavy atom. The van der Waals surface area contributed by atoms with Crippen LogP contribution >= 0.6 is 11.8 Å². The number of rotatable bonds is 1. The van der Waals surface area contributed by atoms with Gasteiger partial charge in [0.05, 0.1) is 5.69 Å². The molecule has 0 aromatic heterocycles. The molecule has 0 radical (unpaired) electrons. The summed E-state index contributed by atoms with van der Waals surface area (Å²) in [6.45, 7) is 2.08. The molecule has 4 nitrogen and oxygen atoms in total. The molecular formula is C13H16N4S. The van der Waals surface area contributed by atoms with Crippen LogP contribution in [0.25, 0.3) is 0 Å². The Bertz CT molecular complexity index is 504. The first-order valence-corrected chi connectivity index (χ1v) is 7.03. The first kappa shape index (κ1) is 12.9. The van der Waals surface area contributed by atoms with Gasteiger partial charge in [-0.3, -0.25) is 5.32 Å². The molecule has 94 valence electrons. The first-order chi connectivity index (χ1) is 8.72. The van der Waals surface area contributed by atoms with Gasteiger partial charge in [0.2, 0.25) is 0 Å². The molecule has 1 aromatic carbocycles. The van der Waals surface area contributed by atoms with E-state index in [-0.39, 0.29) is 0 Å². The molecule has 0 atom stereocenters. The van der Waals surface area contributed by atoms with Gasteiger partial charge in [-0.05, 0) is 43.0 Å². The van der Waals surface area contributed by atoms with Crippen LogP contribution in [0.5, 0.6) is 0 Å². The molecule has 0 saturated heterocycles. The Labute approximate surface area is 112 Å². The lowest BCUT2D eigenvalue weighted by molar-refractivity contribution is 0.313. The summed E-state index contributed by atoms with van der Waals surface area (Å²) in [5, 5.41) is 11.8. The smallest absolute Gasteiger partial charge is 0.183 e. The van der Waals surface area contributed by atoms with Crippen molar-refractivity contribution in [2.45, 2.75) is 13.0 Å². The largest absolute Gasteiger partial charge is 0.302 e. The zero-order valence-electron chi connectivity index (χ0n) is 10.6. The zero-order chi connectivity index (χ0) is 13.0. The number of nitriles is 1. The maximum Gasteiger partial charge on any atom is 0.183 e. The van der Waals surface area contributed by atoms with E-state index in [1.54, 1.807) is 0 Å². The molecule has 0 amide bonds. The highest BCUT2D eigenvalue weighted by atomic mass is 32.2. The second-order valence-corrected chi connectivity index (χ2v) is 5.09. The molecule has 0 bridgehead atoms. The van der Waals surface area contributed by atoms with Gasteiger partial charge in [0, 0.05) is 13.1 Å². The van der Waals surface area contributed by atoms with Gasteiger partial charge in [-0.25, -0.2) is 4.99 Å². The fourth-order valence-corrected chi connectivity index (χ4v) is 2.39. The van der Waals surface area contributed by atoms with Gasteiger partial charge in [0.25, 0.3) is 0 Å². The molecule has 0 spiro atoms. The highest BCUT2D eigenvalue weighted by Gasteiger charge is 2.13. The van der Waals surface area contributed by atoms with Crippen LogP contribution in [0.4, 0.5) is 5.69 Å². The monoisotopic (exact) mass is 260 g/mol. The quantitative estimate of drug-likeness (QED) is 0.363. The van der Waals surface area contributed by atoms with Gasteiger partial charge in [-0.2, -0.15) is 5.26 Å². The summed E-state index contributed by atoms with van der Waals surface area (Å²) in [5.74, 6) is 0. The van der Waals surface area contributed by atoms with Crippen LogP contribution in [0.1, 0.15) is 11.1 Å². The maximum atomic E-state index is 8.61. The van der Waals surface area contributed by atoms with E-state index in [9.17, 15) is 0 Å². The average Bonchev–Trinajstić information content (AvgIpc) is 2.37. The molecule has 0 saturated carbocycles. The third-order valence-corrected chi connectivity index (χ3v) is 3.56. The predicted octanol–water partition coefficient (Wildman–Crippen LogP) is 2.10. The fraction of sp³-hybridized carbons (Fsp3) is 0.385. The van der Waals surface area contributed by atoms with Crippen molar-refractivity contribution in [1.82, 2.24) is 10.2 Å². The summed E-state index contributed by atoms with van der Waals surface area (Å²) in [4.78, 5) is 6.73. The molecule has 0 fully saturated rings. The van der Waals surface area contributed by atoms with Crippen molar-refractivity contribution in [3.8, 4) is 6.19 Å². The van der Waals surface area contributed by atoms with Gasteiger partial charge in [-0.1, -0.05) is 17.8 Å². The number of thioether (sulfide) groups is 1. The molecule has 2 rings (SSSR count). The van der Waals surface area contributed by atoms with E-state index in [0.717, 1.165) is 25.2 Å². The molecule has 1 heterocycles. The highest BCUT2D eigenvalue weighted by molar-refractivity contribution is 8.13. The van der Waals surface area contributed by atoms with Gasteiger partial charge in [0.1, 0.15) is 0 Å². The maximum absolute atomic E-state index is 8.61. The van der Waals surface area contributed by atoms with Crippen molar-refractivity contribution in [3.05, 3.63) is 29.3 Å². The molecule has 1 N–H and O–H groups in total. The SMILES string of the molecule is CSC(=Nc1ccc2c(c1)CN(C)CC2)NC#N. The van der Waals surface area contributed by atoms with Crippen LogP contribution in [-0.2, 0) is 13.0 Å². The predicted molar refractivity (Wildman–Crippen MR) is 75.8 cm³/mol. The minimum absolute atomic E-state index is 0.626. The van der Waals surface area contributed by atoms with Gasteiger partial charge in [-0.15, -0.1) is 0 Å². The van der Waals surface area contributed by atoms with Crippen molar-refractivity contribution >= 4 is 22.6 Å². The first-order valence-electron chi connectivity index (χ1n) is 5.81. The normalized spacial score (nSPS) is 15.9. The van der Waals surface area contributed by atoms with Crippen LogP contribution in [0.15, 0.2) is 23.2 Å². The Kier molecular flexibility index (Phi) is 4.24. The second-order valence-electron chi connectivity index (χ2n) is 4.30. The molecular weight excluding hydrogens is 244 g/mol. The minimum atomic E-state index is 0.626. The summed E-state index contributed by atoms with van der Waals surface area (Å²) in [6, 6.07) is 6.27. The van der Waals surface area contributed by atoms with Gasteiger partial charge >= 0.3 is 0 Å². The van der Waals surface area contributed by atoms with Gasteiger partial charge < -0.3 is 4.90 Å². The van der Waals surface area contributed by atoms with Crippen LogP contribution in [0.3, 0.4) is 0 Å². The van der Waals surface area contributed by atoms with Crippen LogP contribution < -0.4 is 5.32 Å². The Morgan fingerprint density at radius 2 is 2.33 bits per heavy atom. The molecule has 0 aliphatic carbocycles. The van der Waals surface area contributed by atoms with E-state index in [4.69, 9.17) is 5.26 Å². The van der Waals surface area contributed by atoms with Crippen molar-refractivity contribution in [3.63, 3.8) is 0 Å². The standard InChI is InChI=1S/C13H16N4S/c1-17-6-5-10-3-4-12(7-11(10)8-17)16-13(18-2)15-9-14/h3-4,7H,5-6,8H2,1-2H3,(H,15,16). The summed E-state index contributed by atoms with van der Waals surface area (Å²) in [5.41, 5.74) is 3.64. The van der Waals surface area contributed by atoms with E-state index in [1.165, 1.54) is 22.9 Å². The summed E-state index contributed by atoms with van der Waals surface area (Å²) < 4.78 is 0. The van der Waals surface area contributed by atoms with E-state index in [2.05, 4.69) is 34.4 Å². The van der Waals surface area contributed by atoms with Crippen molar-refractivity contribution in [1.29, 1.82) is 5.26 Å². The fourth-order valence-electron chi connectivity index (χ4n) is 2.04. The number of nitrogens with zero attached hydrogens (tertiary/aromatic N) is 3. The number of aliphatic imine (C=N–C) groups is 1. The molecule has 18 heavy (non-hydrogen) atoms. The lowest BCUT2D eigenvalue weighted by atomic mass is 10.00. The van der Waals surface area contributed by atoms with Crippen LogP contribution in [0.2, 0.25) is 0 Å². The highest BCUT2D eigenvalue weighted by Crippen LogP contribution is 2.24. The van der Waals surface area contributed by atoms with Gasteiger partial charge in [0.15, 0.2) is 11.4 Å². The van der Waals surface area contributed by atoms with Crippen molar-refractivity contribution in [2.24, 2.45) is 4.99 Å². The van der Waals surface area contributed by atoms with Crippen molar-refractivity contribution in [2.75, 3.05) is 19.8 Å². The number of hydrogen-bond acceptors (Lipinski definition) is 4. The van der Waals surface area contributed by atoms with E-state index < -0.39 is 0 Å². The number of fused-ring (bicyclic) bond motifs is 1. The van der Waals surface area contributed by atoms with Crippen LogP contribution in [0, 0.1) is 11.5 Å². The molecule has 0 unspecified atom stereocenters. The summed E-state index contributed by atoms with van der Waals surface area (Å²) in [6.07, 6.45) is 4.90.